The fourth-order valence-corrected chi connectivity index (χ4v) is 3.64. The van der Waals surface area contributed by atoms with Gasteiger partial charge in [0.1, 0.15) is 0 Å². The Morgan fingerprint density at radius 2 is 1.89 bits per heavy atom. The minimum atomic E-state index is 0.564. The lowest BCUT2D eigenvalue weighted by atomic mass is 9.82. The third-order valence-corrected chi connectivity index (χ3v) is 5.43. The first-order valence-corrected chi connectivity index (χ1v) is 8.24. The van der Waals surface area contributed by atoms with Crippen LogP contribution in [-0.2, 0) is 0 Å². The monoisotopic (exact) mass is 277 g/mol. The normalized spacial score (nSPS) is 20.6. The molecule has 0 saturated carbocycles. The molecule has 0 amide bonds. The maximum Gasteiger partial charge on any atom is 0.00584 e. The van der Waals surface area contributed by atoms with Gasteiger partial charge in [0.25, 0.3) is 0 Å². The Morgan fingerprint density at radius 1 is 1.21 bits per heavy atom. The van der Waals surface area contributed by atoms with Crippen LogP contribution in [0.15, 0.2) is 30.3 Å². The van der Waals surface area contributed by atoms with Gasteiger partial charge in [0, 0.05) is 19.0 Å². The summed E-state index contributed by atoms with van der Waals surface area (Å²) in [5.74, 6) is 1.50. The van der Waals surface area contributed by atoms with Crippen molar-refractivity contribution in [2.75, 3.05) is 25.4 Å². The SMILES string of the molecule is CCC1(CC)CCN(CC(CS)c2ccccc2)C1. The molecule has 19 heavy (non-hydrogen) atoms. The molecule has 1 saturated heterocycles. The number of thiol groups is 1. The van der Waals surface area contributed by atoms with Gasteiger partial charge in [0.05, 0.1) is 0 Å². The van der Waals surface area contributed by atoms with E-state index in [1.165, 1.54) is 37.9 Å². The molecule has 0 aliphatic carbocycles. The van der Waals surface area contributed by atoms with Crippen molar-refractivity contribution in [1.82, 2.24) is 4.90 Å². The molecule has 0 N–H and O–H groups in total. The molecule has 1 atom stereocenters. The predicted octanol–water partition coefficient (Wildman–Crippen LogP) is 4.21. The Labute approximate surface area is 123 Å². The second-order valence-corrected chi connectivity index (χ2v) is 6.35. The summed E-state index contributed by atoms with van der Waals surface area (Å²) >= 11 is 4.56. The van der Waals surface area contributed by atoms with Crippen LogP contribution < -0.4 is 0 Å². The summed E-state index contributed by atoms with van der Waals surface area (Å²) in [6, 6.07) is 10.8. The Bertz CT molecular complexity index is 372. The molecule has 1 aromatic carbocycles. The van der Waals surface area contributed by atoms with Gasteiger partial charge in [-0.05, 0) is 42.5 Å². The Hall–Kier alpha value is -0.470. The fraction of sp³-hybridized carbons (Fsp3) is 0.647. The zero-order chi connectivity index (χ0) is 13.7. The van der Waals surface area contributed by atoms with Gasteiger partial charge in [0.2, 0.25) is 0 Å². The summed E-state index contributed by atoms with van der Waals surface area (Å²) in [5, 5.41) is 0. The van der Waals surface area contributed by atoms with E-state index in [1.807, 2.05) is 0 Å². The topological polar surface area (TPSA) is 3.24 Å². The van der Waals surface area contributed by atoms with Crippen molar-refractivity contribution in [2.24, 2.45) is 5.41 Å². The maximum absolute atomic E-state index is 4.56. The van der Waals surface area contributed by atoms with Crippen LogP contribution in [0.1, 0.15) is 44.6 Å². The van der Waals surface area contributed by atoms with Crippen LogP contribution in [0, 0.1) is 5.41 Å². The highest BCUT2D eigenvalue weighted by Crippen LogP contribution is 2.37. The molecule has 1 unspecified atom stereocenters. The third kappa shape index (κ3) is 3.55. The Morgan fingerprint density at radius 3 is 2.42 bits per heavy atom. The van der Waals surface area contributed by atoms with Gasteiger partial charge in [0.15, 0.2) is 0 Å². The standard InChI is InChI=1S/C17H27NS/c1-3-17(4-2)10-11-18(14-17)12-16(13-19)15-8-6-5-7-9-15/h5-9,16,19H,3-4,10-14H2,1-2H3. The van der Waals surface area contributed by atoms with Gasteiger partial charge in [-0.2, -0.15) is 12.6 Å². The van der Waals surface area contributed by atoms with Gasteiger partial charge in [-0.25, -0.2) is 0 Å². The molecule has 106 valence electrons. The highest BCUT2D eigenvalue weighted by Gasteiger charge is 2.35. The average Bonchev–Trinajstić information content (AvgIpc) is 2.90. The van der Waals surface area contributed by atoms with Crippen molar-refractivity contribution >= 4 is 12.6 Å². The van der Waals surface area contributed by atoms with E-state index in [1.54, 1.807) is 0 Å². The van der Waals surface area contributed by atoms with Crippen LogP contribution in [0.3, 0.4) is 0 Å². The minimum Gasteiger partial charge on any atom is -0.302 e. The lowest BCUT2D eigenvalue weighted by molar-refractivity contribution is 0.235. The molecule has 0 aromatic heterocycles. The number of nitrogens with zero attached hydrogens (tertiary/aromatic N) is 1. The quantitative estimate of drug-likeness (QED) is 0.762. The van der Waals surface area contributed by atoms with E-state index in [-0.39, 0.29) is 0 Å². The van der Waals surface area contributed by atoms with Gasteiger partial charge in [-0.1, -0.05) is 44.2 Å². The molecule has 2 heteroatoms. The van der Waals surface area contributed by atoms with Crippen molar-refractivity contribution in [2.45, 2.75) is 39.0 Å². The van der Waals surface area contributed by atoms with E-state index in [4.69, 9.17) is 0 Å². The molecule has 0 spiro atoms. The predicted molar refractivity (Wildman–Crippen MR) is 87.1 cm³/mol. The summed E-state index contributed by atoms with van der Waals surface area (Å²) in [6.45, 7) is 8.39. The van der Waals surface area contributed by atoms with Gasteiger partial charge < -0.3 is 4.90 Å². The molecule has 2 rings (SSSR count). The summed E-state index contributed by atoms with van der Waals surface area (Å²) < 4.78 is 0. The van der Waals surface area contributed by atoms with E-state index in [0.717, 1.165) is 12.3 Å². The Balaban J connectivity index is 1.97. The van der Waals surface area contributed by atoms with E-state index < -0.39 is 0 Å². The van der Waals surface area contributed by atoms with Crippen LogP contribution in [-0.4, -0.2) is 30.3 Å². The van der Waals surface area contributed by atoms with Crippen molar-refractivity contribution in [3.05, 3.63) is 35.9 Å². The third-order valence-electron chi connectivity index (χ3n) is 4.99. The second-order valence-electron chi connectivity index (χ2n) is 5.98. The summed E-state index contributed by atoms with van der Waals surface area (Å²) in [4.78, 5) is 2.65. The van der Waals surface area contributed by atoms with Crippen molar-refractivity contribution in [3.63, 3.8) is 0 Å². The van der Waals surface area contributed by atoms with Crippen molar-refractivity contribution in [1.29, 1.82) is 0 Å². The summed E-state index contributed by atoms with van der Waals surface area (Å²) in [6.07, 6.45) is 4.00. The molecule has 1 aliphatic rings. The lowest BCUT2D eigenvalue weighted by Crippen LogP contribution is -2.30. The minimum absolute atomic E-state index is 0.564. The molecule has 0 radical (unpaired) electrons. The number of likely N-dealkylation sites (tertiary alicyclic amines) is 1. The van der Waals surface area contributed by atoms with E-state index in [9.17, 15) is 0 Å². The summed E-state index contributed by atoms with van der Waals surface area (Å²) in [7, 11) is 0. The maximum atomic E-state index is 4.56. The largest absolute Gasteiger partial charge is 0.302 e. The first-order chi connectivity index (χ1) is 9.23. The second kappa shape index (κ2) is 6.81. The van der Waals surface area contributed by atoms with Gasteiger partial charge in [-0.3, -0.25) is 0 Å². The highest BCUT2D eigenvalue weighted by molar-refractivity contribution is 7.80. The number of benzene rings is 1. The lowest BCUT2D eigenvalue weighted by Gasteiger charge is -2.28. The van der Waals surface area contributed by atoms with Gasteiger partial charge >= 0.3 is 0 Å². The number of rotatable bonds is 6. The van der Waals surface area contributed by atoms with Crippen LogP contribution in [0.4, 0.5) is 0 Å². The van der Waals surface area contributed by atoms with Crippen molar-refractivity contribution in [3.8, 4) is 0 Å². The number of hydrogen-bond donors (Lipinski definition) is 1. The van der Waals surface area contributed by atoms with Crippen LogP contribution in [0.5, 0.6) is 0 Å². The Kier molecular flexibility index (Phi) is 5.35. The first kappa shape index (κ1) is 14.9. The molecule has 1 aliphatic heterocycles. The van der Waals surface area contributed by atoms with Crippen LogP contribution >= 0.6 is 12.6 Å². The molecule has 0 bridgehead atoms. The fourth-order valence-electron chi connectivity index (χ4n) is 3.32. The molecule has 1 aromatic rings. The first-order valence-electron chi connectivity index (χ1n) is 7.61. The average molecular weight is 277 g/mol. The van der Waals surface area contributed by atoms with E-state index in [2.05, 4.69) is 61.7 Å². The molecule has 1 nitrogen and oxygen atoms in total. The number of hydrogen-bond acceptors (Lipinski definition) is 2. The van der Waals surface area contributed by atoms with E-state index >= 15 is 0 Å². The van der Waals surface area contributed by atoms with Gasteiger partial charge in [-0.15, -0.1) is 0 Å². The summed E-state index contributed by atoms with van der Waals surface area (Å²) in [5.41, 5.74) is 2.01. The zero-order valence-electron chi connectivity index (χ0n) is 12.3. The highest BCUT2D eigenvalue weighted by atomic mass is 32.1. The smallest absolute Gasteiger partial charge is 0.00584 e. The molecular weight excluding hydrogens is 250 g/mol. The molecular formula is C17H27NS. The van der Waals surface area contributed by atoms with E-state index in [0.29, 0.717) is 11.3 Å². The van der Waals surface area contributed by atoms with Crippen LogP contribution in [0.25, 0.3) is 0 Å². The molecule has 1 fully saturated rings. The zero-order valence-corrected chi connectivity index (χ0v) is 13.2. The molecule has 1 heterocycles. The van der Waals surface area contributed by atoms with Crippen molar-refractivity contribution < 1.29 is 0 Å². The van der Waals surface area contributed by atoms with Crippen LogP contribution in [0.2, 0.25) is 0 Å².